The van der Waals surface area contributed by atoms with Crippen LogP contribution in [0.2, 0.25) is 0 Å². The molecule has 0 fully saturated rings. The molecule has 0 aliphatic heterocycles. The monoisotopic (exact) mass is 166 g/mol. The summed E-state index contributed by atoms with van der Waals surface area (Å²) in [6.45, 7) is 2.28. The Bertz CT molecular complexity index is 179. The quantitative estimate of drug-likeness (QED) is 0.639. The molecule has 1 aliphatic carbocycles. The molecule has 1 atom stereocenters. The Morgan fingerprint density at radius 2 is 2.50 bits per heavy atom. The molecule has 1 rings (SSSR count). The molecule has 0 bridgehead atoms. The molecule has 0 spiro atoms. The van der Waals surface area contributed by atoms with E-state index >= 15 is 0 Å². The third-order valence-corrected chi connectivity index (χ3v) is 2.38. The Labute approximate surface area is 74.8 Å². The number of aliphatic hydroxyl groups excluding tert-OH is 1. The maximum atomic E-state index is 8.67. The maximum Gasteiger partial charge on any atom is 0.0614 e. The molecule has 0 saturated heterocycles. The van der Waals surface area contributed by atoms with Crippen LogP contribution in [0.1, 0.15) is 32.6 Å². The minimum atomic E-state index is 0.183. The summed E-state index contributed by atoms with van der Waals surface area (Å²) in [6, 6.07) is 0. The second-order valence-corrected chi connectivity index (χ2v) is 3.56. The smallest absolute Gasteiger partial charge is 0.0614 e. The van der Waals surface area contributed by atoms with Gasteiger partial charge in [-0.15, -0.1) is 0 Å². The summed E-state index contributed by atoms with van der Waals surface area (Å²) >= 11 is 0. The van der Waals surface area contributed by atoms with Gasteiger partial charge in [0, 0.05) is 0 Å². The van der Waals surface area contributed by atoms with Crippen molar-refractivity contribution in [1.82, 2.24) is 0 Å². The van der Waals surface area contributed by atoms with Crippen LogP contribution in [0.15, 0.2) is 23.8 Å². The van der Waals surface area contributed by atoms with Gasteiger partial charge < -0.3 is 5.11 Å². The van der Waals surface area contributed by atoms with Crippen molar-refractivity contribution in [2.75, 3.05) is 6.61 Å². The Hall–Kier alpha value is -0.560. The van der Waals surface area contributed by atoms with Gasteiger partial charge in [0.1, 0.15) is 0 Å². The van der Waals surface area contributed by atoms with Gasteiger partial charge >= 0.3 is 0 Å². The van der Waals surface area contributed by atoms with Gasteiger partial charge in [-0.2, -0.15) is 0 Å². The highest BCUT2D eigenvalue weighted by molar-refractivity contribution is 5.04. The summed E-state index contributed by atoms with van der Waals surface area (Å²) in [5.41, 5.74) is 1.31. The number of aliphatic hydroxyl groups is 1. The number of allylic oxidation sites excluding steroid dienone is 3. The number of hydrogen-bond donors (Lipinski definition) is 1. The van der Waals surface area contributed by atoms with E-state index in [1.807, 2.05) is 6.08 Å². The third kappa shape index (κ3) is 3.22. The molecule has 1 nitrogen and oxygen atoms in total. The predicted octanol–water partition coefficient (Wildman–Crippen LogP) is 2.67. The van der Waals surface area contributed by atoms with Crippen LogP contribution in [0.4, 0.5) is 0 Å². The van der Waals surface area contributed by atoms with Crippen molar-refractivity contribution < 1.29 is 5.11 Å². The Morgan fingerprint density at radius 3 is 3.08 bits per heavy atom. The first kappa shape index (κ1) is 9.53. The van der Waals surface area contributed by atoms with Gasteiger partial charge in [0.25, 0.3) is 0 Å². The van der Waals surface area contributed by atoms with Crippen LogP contribution in [0.3, 0.4) is 0 Å². The van der Waals surface area contributed by atoms with Gasteiger partial charge in [-0.05, 0) is 38.5 Å². The summed E-state index contributed by atoms with van der Waals surface area (Å²) < 4.78 is 0. The minimum absolute atomic E-state index is 0.183. The molecule has 1 unspecified atom stereocenters. The lowest BCUT2D eigenvalue weighted by Crippen LogP contribution is -2.01. The van der Waals surface area contributed by atoms with Crippen molar-refractivity contribution >= 4 is 0 Å². The molecule has 0 radical (unpaired) electrons. The Balaban J connectivity index is 2.34. The van der Waals surface area contributed by atoms with E-state index in [1.165, 1.54) is 24.8 Å². The van der Waals surface area contributed by atoms with Gasteiger partial charge in [0.15, 0.2) is 0 Å². The van der Waals surface area contributed by atoms with E-state index in [2.05, 4.69) is 19.1 Å². The Morgan fingerprint density at radius 1 is 1.67 bits per heavy atom. The first-order valence-corrected chi connectivity index (χ1v) is 4.76. The standard InChI is InChI=1S/C11H18O/c1-10(7-8-12)9-11-5-3-2-4-6-11/h3,5,7,11-12H,2,4,6,8-9H2,1H3/b10-7-. The van der Waals surface area contributed by atoms with E-state index in [1.54, 1.807) is 0 Å². The fraction of sp³-hybridized carbons (Fsp3) is 0.636. The molecule has 12 heavy (non-hydrogen) atoms. The number of rotatable bonds is 3. The molecule has 0 aromatic carbocycles. The second-order valence-electron chi connectivity index (χ2n) is 3.56. The topological polar surface area (TPSA) is 20.2 Å². The fourth-order valence-corrected chi connectivity index (χ4v) is 1.71. The van der Waals surface area contributed by atoms with Gasteiger partial charge in [-0.3, -0.25) is 0 Å². The normalized spacial score (nSPS) is 24.5. The molecular formula is C11H18O. The fourth-order valence-electron chi connectivity index (χ4n) is 1.71. The van der Waals surface area contributed by atoms with Crippen molar-refractivity contribution in [3.63, 3.8) is 0 Å². The van der Waals surface area contributed by atoms with Crippen LogP contribution >= 0.6 is 0 Å². The van der Waals surface area contributed by atoms with Gasteiger partial charge in [-0.25, -0.2) is 0 Å². The van der Waals surface area contributed by atoms with E-state index in [4.69, 9.17) is 5.11 Å². The summed E-state index contributed by atoms with van der Waals surface area (Å²) in [6.07, 6.45) is 11.5. The van der Waals surface area contributed by atoms with Crippen LogP contribution < -0.4 is 0 Å². The minimum Gasteiger partial charge on any atom is -0.392 e. The average Bonchev–Trinajstić information content (AvgIpc) is 2.06. The molecule has 68 valence electrons. The van der Waals surface area contributed by atoms with Gasteiger partial charge in [0.05, 0.1) is 6.61 Å². The first-order chi connectivity index (χ1) is 5.83. The summed E-state index contributed by atoms with van der Waals surface area (Å²) in [5, 5.41) is 8.67. The molecule has 1 heteroatoms. The maximum absolute atomic E-state index is 8.67. The highest BCUT2D eigenvalue weighted by Gasteiger charge is 2.07. The molecule has 0 aromatic heterocycles. The zero-order valence-corrected chi connectivity index (χ0v) is 7.79. The van der Waals surface area contributed by atoms with Gasteiger partial charge in [-0.1, -0.05) is 23.8 Å². The van der Waals surface area contributed by atoms with Crippen LogP contribution in [-0.2, 0) is 0 Å². The zero-order valence-electron chi connectivity index (χ0n) is 7.79. The summed E-state index contributed by atoms with van der Waals surface area (Å²) in [4.78, 5) is 0. The summed E-state index contributed by atoms with van der Waals surface area (Å²) in [5.74, 6) is 0.724. The molecule has 1 N–H and O–H groups in total. The largest absolute Gasteiger partial charge is 0.392 e. The molecule has 0 amide bonds. The molecular weight excluding hydrogens is 148 g/mol. The van der Waals surface area contributed by atoms with Crippen LogP contribution in [-0.4, -0.2) is 11.7 Å². The molecule has 0 aromatic rings. The van der Waals surface area contributed by atoms with E-state index in [0.717, 1.165) is 12.3 Å². The lowest BCUT2D eigenvalue weighted by atomic mass is 9.90. The van der Waals surface area contributed by atoms with Gasteiger partial charge in [0.2, 0.25) is 0 Å². The highest BCUT2D eigenvalue weighted by atomic mass is 16.2. The second kappa shape index (κ2) is 5.15. The Kier molecular flexibility index (Phi) is 4.09. The van der Waals surface area contributed by atoms with E-state index in [-0.39, 0.29) is 6.61 Å². The zero-order chi connectivity index (χ0) is 8.81. The van der Waals surface area contributed by atoms with Crippen molar-refractivity contribution in [2.24, 2.45) is 5.92 Å². The van der Waals surface area contributed by atoms with Crippen LogP contribution in [0.5, 0.6) is 0 Å². The van der Waals surface area contributed by atoms with Crippen molar-refractivity contribution in [2.45, 2.75) is 32.6 Å². The summed E-state index contributed by atoms with van der Waals surface area (Å²) in [7, 11) is 0. The van der Waals surface area contributed by atoms with Crippen molar-refractivity contribution in [3.8, 4) is 0 Å². The average molecular weight is 166 g/mol. The lowest BCUT2D eigenvalue weighted by molar-refractivity contribution is 0.341. The lowest BCUT2D eigenvalue weighted by Gasteiger charge is -2.16. The van der Waals surface area contributed by atoms with E-state index in [0.29, 0.717) is 0 Å². The van der Waals surface area contributed by atoms with Crippen LogP contribution in [0, 0.1) is 5.92 Å². The van der Waals surface area contributed by atoms with Crippen molar-refractivity contribution in [3.05, 3.63) is 23.8 Å². The molecule has 0 saturated carbocycles. The van der Waals surface area contributed by atoms with Crippen molar-refractivity contribution in [1.29, 1.82) is 0 Å². The van der Waals surface area contributed by atoms with E-state index in [9.17, 15) is 0 Å². The SMILES string of the molecule is C/C(=C/CO)CC1C=CCCC1. The third-order valence-electron chi connectivity index (χ3n) is 2.38. The predicted molar refractivity (Wildman–Crippen MR) is 51.9 cm³/mol. The first-order valence-electron chi connectivity index (χ1n) is 4.76. The van der Waals surface area contributed by atoms with Crippen LogP contribution in [0.25, 0.3) is 0 Å². The number of hydrogen-bond acceptors (Lipinski definition) is 1. The molecule has 0 heterocycles. The van der Waals surface area contributed by atoms with E-state index < -0.39 is 0 Å². The highest BCUT2D eigenvalue weighted by Crippen LogP contribution is 2.23. The molecule has 1 aliphatic rings.